The topological polar surface area (TPSA) is 107 Å². The summed E-state index contributed by atoms with van der Waals surface area (Å²) in [5.41, 5.74) is 2.25. The van der Waals surface area contributed by atoms with Crippen LogP contribution >= 0.6 is 0 Å². The highest BCUT2D eigenvalue weighted by Gasteiger charge is 2.16. The maximum atomic E-state index is 12.9. The molecule has 1 N–H and O–H groups in total. The molecule has 0 amide bonds. The van der Waals surface area contributed by atoms with Gasteiger partial charge in [-0.2, -0.15) is 0 Å². The second-order valence-electron chi connectivity index (χ2n) is 7.69. The second kappa shape index (κ2) is 10.8. The van der Waals surface area contributed by atoms with Crippen LogP contribution in [-0.2, 0) is 29.0 Å². The Hall–Kier alpha value is -3.68. The minimum absolute atomic E-state index is 0.0491. The maximum Gasteiger partial charge on any atom is 0.306 e. The zero-order valence-corrected chi connectivity index (χ0v) is 19.1. The van der Waals surface area contributed by atoms with Gasteiger partial charge in [-0.1, -0.05) is 19.4 Å². The van der Waals surface area contributed by atoms with Crippen molar-refractivity contribution < 1.29 is 24.2 Å². The SMILES string of the molecule is CCCc1c(OCc2ccc3ncc(CCC(=O)OCC)c(=O)n3c2)ccc(C(C)=O)c1O. The number of ether oxygens (including phenoxy) is 2. The van der Waals surface area contributed by atoms with E-state index in [4.69, 9.17) is 9.47 Å². The number of aryl methyl sites for hydroxylation is 1. The number of phenols is 1. The number of nitrogens with zero attached hydrogens (tertiary/aromatic N) is 2. The predicted octanol–water partition coefficient (Wildman–Crippen LogP) is 3.63. The van der Waals surface area contributed by atoms with Gasteiger partial charge in [-0.3, -0.25) is 18.8 Å². The molecular weight excluding hydrogens is 424 g/mol. The first kappa shape index (κ1) is 24.0. The van der Waals surface area contributed by atoms with Crippen LogP contribution in [-0.4, -0.2) is 32.9 Å². The molecule has 8 nitrogen and oxygen atoms in total. The van der Waals surface area contributed by atoms with Crippen LogP contribution in [0, 0.1) is 0 Å². The van der Waals surface area contributed by atoms with Crippen molar-refractivity contribution in [1.82, 2.24) is 9.38 Å². The van der Waals surface area contributed by atoms with E-state index in [1.54, 1.807) is 31.3 Å². The number of benzene rings is 1. The Balaban J connectivity index is 1.83. The highest BCUT2D eigenvalue weighted by molar-refractivity contribution is 5.97. The number of ketones is 1. The summed E-state index contributed by atoms with van der Waals surface area (Å²) in [6.07, 6.45) is 4.84. The molecule has 33 heavy (non-hydrogen) atoms. The van der Waals surface area contributed by atoms with E-state index in [9.17, 15) is 19.5 Å². The highest BCUT2D eigenvalue weighted by Crippen LogP contribution is 2.33. The molecule has 0 fully saturated rings. The molecule has 0 bridgehead atoms. The Morgan fingerprint density at radius 1 is 1.12 bits per heavy atom. The summed E-state index contributed by atoms with van der Waals surface area (Å²) in [5, 5.41) is 10.5. The number of carbonyl (C=O) groups is 2. The van der Waals surface area contributed by atoms with Crippen molar-refractivity contribution in [2.45, 2.75) is 53.1 Å². The van der Waals surface area contributed by atoms with Gasteiger partial charge in [0.15, 0.2) is 5.78 Å². The third kappa shape index (κ3) is 5.58. The van der Waals surface area contributed by atoms with E-state index in [-0.39, 0.29) is 48.1 Å². The highest BCUT2D eigenvalue weighted by atomic mass is 16.5. The van der Waals surface area contributed by atoms with Gasteiger partial charge in [-0.25, -0.2) is 4.98 Å². The first-order valence-electron chi connectivity index (χ1n) is 11.0. The number of rotatable bonds is 10. The lowest BCUT2D eigenvalue weighted by Crippen LogP contribution is -2.21. The van der Waals surface area contributed by atoms with Crippen molar-refractivity contribution in [2.24, 2.45) is 0 Å². The summed E-state index contributed by atoms with van der Waals surface area (Å²) in [6.45, 7) is 5.58. The molecular formula is C25H28N2O6. The van der Waals surface area contributed by atoms with Crippen LogP contribution in [0.2, 0.25) is 0 Å². The molecule has 2 heterocycles. The minimum atomic E-state index is -0.355. The van der Waals surface area contributed by atoms with Crippen molar-refractivity contribution in [3.8, 4) is 11.5 Å². The molecule has 0 spiro atoms. The summed E-state index contributed by atoms with van der Waals surface area (Å²) < 4.78 is 12.3. The number of Topliss-reactive ketones (excluding diaryl/α,β-unsaturated/α-hetero) is 1. The predicted molar refractivity (Wildman–Crippen MR) is 123 cm³/mol. The molecule has 0 radical (unpaired) electrons. The van der Waals surface area contributed by atoms with Crippen LogP contribution < -0.4 is 10.3 Å². The van der Waals surface area contributed by atoms with Crippen LogP contribution in [0.15, 0.2) is 41.5 Å². The Morgan fingerprint density at radius 3 is 2.61 bits per heavy atom. The van der Waals surface area contributed by atoms with Gasteiger partial charge in [0.1, 0.15) is 23.8 Å². The van der Waals surface area contributed by atoms with E-state index in [1.165, 1.54) is 17.5 Å². The van der Waals surface area contributed by atoms with E-state index in [1.807, 2.05) is 13.0 Å². The lowest BCUT2D eigenvalue weighted by molar-refractivity contribution is -0.143. The number of carbonyl (C=O) groups excluding carboxylic acids is 2. The van der Waals surface area contributed by atoms with Crippen LogP contribution in [0.1, 0.15) is 60.7 Å². The Morgan fingerprint density at radius 2 is 1.91 bits per heavy atom. The molecule has 0 aliphatic carbocycles. The molecule has 0 aliphatic heterocycles. The first-order chi connectivity index (χ1) is 15.8. The van der Waals surface area contributed by atoms with Crippen LogP contribution in [0.25, 0.3) is 5.65 Å². The molecule has 0 atom stereocenters. The third-order valence-electron chi connectivity index (χ3n) is 5.25. The molecule has 1 aromatic carbocycles. The number of esters is 1. The fourth-order valence-corrected chi connectivity index (χ4v) is 3.58. The van der Waals surface area contributed by atoms with Gasteiger partial charge in [-0.15, -0.1) is 0 Å². The molecule has 174 valence electrons. The number of fused-ring (bicyclic) bond motifs is 1. The Kier molecular flexibility index (Phi) is 7.82. The Labute approximate surface area is 191 Å². The number of phenolic OH excluding ortho intramolecular Hbond substituents is 1. The maximum absolute atomic E-state index is 12.9. The summed E-state index contributed by atoms with van der Waals surface area (Å²) in [5.74, 6) is -0.122. The van der Waals surface area contributed by atoms with Gasteiger partial charge in [0.25, 0.3) is 5.56 Å². The number of aromatic hydroxyl groups is 1. The van der Waals surface area contributed by atoms with Crippen LogP contribution in [0.5, 0.6) is 11.5 Å². The zero-order chi connectivity index (χ0) is 24.0. The minimum Gasteiger partial charge on any atom is -0.507 e. The molecule has 3 aromatic rings. The fourth-order valence-electron chi connectivity index (χ4n) is 3.58. The standard InChI is InChI=1S/C25H28N2O6/c1-4-6-20-21(10-9-19(16(3)28)24(20)30)33-15-17-7-11-22-26-13-18(25(31)27(22)14-17)8-12-23(29)32-5-2/h7,9-11,13-14,30H,4-6,8,12,15H2,1-3H3. The molecule has 8 heteroatoms. The second-order valence-corrected chi connectivity index (χ2v) is 7.69. The van der Waals surface area contributed by atoms with E-state index in [2.05, 4.69) is 4.98 Å². The fraction of sp³-hybridized carbons (Fsp3) is 0.360. The summed E-state index contributed by atoms with van der Waals surface area (Å²) in [6, 6.07) is 6.77. The van der Waals surface area contributed by atoms with E-state index < -0.39 is 0 Å². The molecule has 0 saturated heterocycles. The first-order valence-corrected chi connectivity index (χ1v) is 11.0. The van der Waals surface area contributed by atoms with Gasteiger partial charge in [0.05, 0.1) is 12.2 Å². The van der Waals surface area contributed by atoms with Gasteiger partial charge < -0.3 is 14.6 Å². The molecule has 3 rings (SSSR count). The number of hydrogen-bond donors (Lipinski definition) is 1. The zero-order valence-electron chi connectivity index (χ0n) is 19.1. The number of aromatic nitrogens is 2. The van der Waals surface area contributed by atoms with Gasteiger partial charge in [0, 0.05) is 35.5 Å². The lowest BCUT2D eigenvalue weighted by Gasteiger charge is -2.15. The lowest BCUT2D eigenvalue weighted by atomic mass is 10.0. The van der Waals surface area contributed by atoms with Crippen molar-refractivity contribution >= 4 is 17.4 Å². The van der Waals surface area contributed by atoms with Crippen molar-refractivity contribution in [3.63, 3.8) is 0 Å². The quantitative estimate of drug-likeness (QED) is 0.370. The van der Waals surface area contributed by atoms with E-state index >= 15 is 0 Å². The van der Waals surface area contributed by atoms with Crippen LogP contribution in [0.4, 0.5) is 0 Å². The van der Waals surface area contributed by atoms with Gasteiger partial charge >= 0.3 is 5.97 Å². The van der Waals surface area contributed by atoms with Crippen molar-refractivity contribution in [1.29, 1.82) is 0 Å². The molecule has 2 aromatic heterocycles. The normalized spacial score (nSPS) is 10.9. The smallest absolute Gasteiger partial charge is 0.306 e. The van der Waals surface area contributed by atoms with Crippen molar-refractivity contribution in [3.05, 3.63) is 69.3 Å². The third-order valence-corrected chi connectivity index (χ3v) is 5.25. The molecule has 0 aliphatic rings. The average Bonchev–Trinajstić information content (AvgIpc) is 2.79. The van der Waals surface area contributed by atoms with Crippen molar-refractivity contribution in [2.75, 3.05) is 6.61 Å². The summed E-state index contributed by atoms with van der Waals surface area (Å²) >= 11 is 0. The van der Waals surface area contributed by atoms with E-state index in [0.717, 1.165) is 12.0 Å². The summed E-state index contributed by atoms with van der Waals surface area (Å²) in [7, 11) is 0. The summed E-state index contributed by atoms with van der Waals surface area (Å²) in [4.78, 5) is 40.5. The Bertz CT molecular complexity index is 1230. The van der Waals surface area contributed by atoms with E-state index in [0.29, 0.717) is 35.6 Å². The van der Waals surface area contributed by atoms with Crippen LogP contribution in [0.3, 0.4) is 0 Å². The van der Waals surface area contributed by atoms with Gasteiger partial charge in [0.2, 0.25) is 0 Å². The largest absolute Gasteiger partial charge is 0.507 e. The molecule has 0 saturated carbocycles. The van der Waals surface area contributed by atoms with Gasteiger partial charge in [-0.05, 0) is 44.9 Å². The average molecular weight is 453 g/mol. The molecule has 0 unspecified atom stereocenters. The monoisotopic (exact) mass is 452 g/mol. The number of hydrogen-bond acceptors (Lipinski definition) is 7. The number of pyridine rings is 1.